The summed E-state index contributed by atoms with van der Waals surface area (Å²) >= 11 is 3.45. The van der Waals surface area contributed by atoms with Crippen LogP contribution in [0.1, 0.15) is 29.4 Å². The van der Waals surface area contributed by atoms with Crippen LogP contribution in [0.4, 0.5) is 5.82 Å². The second-order valence-corrected chi connectivity index (χ2v) is 5.36. The number of nitrogens with one attached hydrogen (secondary N) is 2. The summed E-state index contributed by atoms with van der Waals surface area (Å²) in [5.74, 6) is 0.444. The number of anilines is 1. The number of carbonyl (C=O) groups excluding carboxylic acids is 1. The van der Waals surface area contributed by atoms with Gasteiger partial charge in [-0.1, -0.05) is 41.1 Å². The molecular formula is C15H17BrN4O. The molecule has 0 bridgehead atoms. The minimum Gasteiger partial charge on any atom is -0.369 e. The van der Waals surface area contributed by atoms with E-state index in [1.807, 2.05) is 24.3 Å². The summed E-state index contributed by atoms with van der Waals surface area (Å²) < 4.78 is 0.968. The Bertz CT molecular complexity index is 601. The molecule has 1 amide bonds. The Morgan fingerprint density at radius 2 is 2.00 bits per heavy atom. The molecule has 0 aliphatic carbocycles. The Balaban J connectivity index is 1.93. The Labute approximate surface area is 132 Å². The normalized spacial score (nSPS) is 10.2. The van der Waals surface area contributed by atoms with E-state index in [-0.39, 0.29) is 5.91 Å². The standard InChI is InChI=1S/C15H17BrN4O/c1-2-9-17-14-8-7-13(19-20-14)15(21)18-10-11-5-3-4-6-12(11)16/h3-8H,2,9-10H2,1H3,(H,17,20)(H,18,21). The molecule has 110 valence electrons. The van der Waals surface area contributed by atoms with Gasteiger partial charge in [0.05, 0.1) is 0 Å². The van der Waals surface area contributed by atoms with E-state index < -0.39 is 0 Å². The highest BCUT2D eigenvalue weighted by Crippen LogP contribution is 2.15. The lowest BCUT2D eigenvalue weighted by Gasteiger charge is -2.07. The second kappa shape index (κ2) is 7.73. The van der Waals surface area contributed by atoms with E-state index in [2.05, 4.69) is 43.7 Å². The van der Waals surface area contributed by atoms with Gasteiger partial charge in [-0.2, -0.15) is 0 Å². The summed E-state index contributed by atoms with van der Waals surface area (Å²) in [5, 5.41) is 13.8. The number of hydrogen-bond acceptors (Lipinski definition) is 4. The fourth-order valence-electron chi connectivity index (χ4n) is 1.71. The Hall–Kier alpha value is -1.95. The number of nitrogens with zero attached hydrogens (tertiary/aromatic N) is 2. The predicted octanol–water partition coefficient (Wildman–Crippen LogP) is 2.99. The van der Waals surface area contributed by atoms with E-state index in [1.165, 1.54) is 0 Å². The molecule has 0 fully saturated rings. The predicted molar refractivity (Wildman–Crippen MR) is 86.1 cm³/mol. The van der Waals surface area contributed by atoms with Crippen molar-refractivity contribution in [3.63, 3.8) is 0 Å². The van der Waals surface area contributed by atoms with Gasteiger partial charge in [0, 0.05) is 17.6 Å². The van der Waals surface area contributed by atoms with E-state index in [4.69, 9.17) is 0 Å². The molecule has 21 heavy (non-hydrogen) atoms. The van der Waals surface area contributed by atoms with Crippen molar-refractivity contribution in [1.29, 1.82) is 0 Å². The zero-order chi connectivity index (χ0) is 15.1. The first kappa shape index (κ1) is 15.4. The minimum absolute atomic E-state index is 0.236. The first-order valence-electron chi connectivity index (χ1n) is 6.80. The van der Waals surface area contributed by atoms with Crippen molar-refractivity contribution in [3.8, 4) is 0 Å². The summed E-state index contributed by atoms with van der Waals surface area (Å²) in [6.07, 6.45) is 1.01. The van der Waals surface area contributed by atoms with E-state index >= 15 is 0 Å². The van der Waals surface area contributed by atoms with Crippen LogP contribution >= 0.6 is 15.9 Å². The van der Waals surface area contributed by atoms with Gasteiger partial charge in [0.2, 0.25) is 0 Å². The van der Waals surface area contributed by atoms with E-state index in [0.717, 1.165) is 23.0 Å². The van der Waals surface area contributed by atoms with Crippen LogP contribution < -0.4 is 10.6 Å². The van der Waals surface area contributed by atoms with E-state index in [0.29, 0.717) is 18.1 Å². The summed E-state index contributed by atoms with van der Waals surface area (Å²) in [5.41, 5.74) is 1.32. The summed E-state index contributed by atoms with van der Waals surface area (Å²) in [4.78, 5) is 12.0. The SMILES string of the molecule is CCCNc1ccc(C(=O)NCc2ccccc2Br)nn1. The summed E-state index contributed by atoms with van der Waals surface area (Å²) in [6, 6.07) is 11.2. The molecule has 0 radical (unpaired) electrons. The molecule has 0 saturated carbocycles. The van der Waals surface area contributed by atoms with Gasteiger partial charge in [-0.15, -0.1) is 10.2 Å². The first-order chi connectivity index (χ1) is 10.2. The van der Waals surface area contributed by atoms with Crippen LogP contribution in [-0.4, -0.2) is 22.6 Å². The topological polar surface area (TPSA) is 66.9 Å². The van der Waals surface area contributed by atoms with Crippen LogP contribution in [0.25, 0.3) is 0 Å². The fourth-order valence-corrected chi connectivity index (χ4v) is 2.13. The molecule has 0 unspecified atom stereocenters. The van der Waals surface area contributed by atoms with E-state index in [9.17, 15) is 4.79 Å². The number of rotatable bonds is 6. The number of carbonyl (C=O) groups is 1. The molecule has 0 saturated heterocycles. The molecule has 0 aliphatic rings. The van der Waals surface area contributed by atoms with Crippen molar-refractivity contribution in [2.24, 2.45) is 0 Å². The molecule has 6 heteroatoms. The average Bonchev–Trinajstić information content (AvgIpc) is 2.52. The number of aromatic nitrogens is 2. The maximum atomic E-state index is 12.0. The van der Waals surface area contributed by atoms with Gasteiger partial charge in [-0.05, 0) is 30.2 Å². The molecule has 2 aromatic rings. The number of hydrogen-bond donors (Lipinski definition) is 2. The molecule has 0 aliphatic heterocycles. The molecule has 2 rings (SSSR count). The van der Waals surface area contributed by atoms with Crippen molar-refractivity contribution in [3.05, 3.63) is 52.1 Å². The third kappa shape index (κ3) is 4.53. The van der Waals surface area contributed by atoms with Gasteiger partial charge in [0.15, 0.2) is 5.69 Å². The highest BCUT2D eigenvalue weighted by atomic mass is 79.9. The van der Waals surface area contributed by atoms with Crippen LogP contribution in [0.3, 0.4) is 0 Å². The third-order valence-corrected chi connectivity index (χ3v) is 3.62. The molecule has 1 heterocycles. The quantitative estimate of drug-likeness (QED) is 0.841. The van der Waals surface area contributed by atoms with Crippen LogP contribution in [0.2, 0.25) is 0 Å². The Morgan fingerprint density at radius 1 is 1.19 bits per heavy atom. The van der Waals surface area contributed by atoms with E-state index in [1.54, 1.807) is 12.1 Å². The van der Waals surface area contributed by atoms with Gasteiger partial charge in [0.1, 0.15) is 5.82 Å². The molecule has 0 atom stereocenters. The van der Waals surface area contributed by atoms with Gasteiger partial charge < -0.3 is 10.6 Å². The number of benzene rings is 1. The Kier molecular flexibility index (Phi) is 5.68. The minimum atomic E-state index is -0.236. The largest absolute Gasteiger partial charge is 0.369 e. The van der Waals surface area contributed by atoms with Crippen LogP contribution in [0.5, 0.6) is 0 Å². The van der Waals surface area contributed by atoms with Crippen molar-refractivity contribution in [2.45, 2.75) is 19.9 Å². The number of amides is 1. The molecule has 5 nitrogen and oxygen atoms in total. The third-order valence-electron chi connectivity index (χ3n) is 2.85. The van der Waals surface area contributed by atoms with Crippen LogP contribution in [0.15, 0.2) is 40.9 Å². The number of halogens is 1. The smallest absolute Gasteiger partial charge is 0.272 e. The van der Waals surface area contributed by atoms with Crippen molar-refractivity contribution < 1.29 is 4.79 Å². The lowest BCUT2D eigenvalue weighted by Crippen LogP contribution is -2.24. The van der Waals surface area contributed by atoms with Crippen molar-refractivity contribution in [2.75, 3.05) is 11.9 Å². The second-order valence-electron chi connectivity index (χ2n) is 4.50. The van der Waals surface area contributed by atoms with Crippen molar-refractivity contribution >= 4 is 27.7 Å². The highest BCUT2D eigenvalue weighted by Gasteiger charge is 2.08. The zero-order valence-corrected chi connectivity index (χ0v) is 13.4. The van der Waals surface area contributed by atoms with Gasteiger partial charge in [-0.25, -0.2) is 0 Å². The fraction of sp³-hybridized carbons (Fsp3) is 0.267. The lowest BCUT2D eigenvalue weighted by molar-refractivity contribution is 0.0945. The molecule has 1 aromatic heterocycles. The average molecular weight is 349 g/mol. The first-order valence-corrected chi connectivity index (χ1v) is 7.59. The summed E-state index contributed by atoms with van der Waals surface area (Å²) in [7, 11) is 0. The van der Waals surface area contributed by atoms with Crippen LogP contribution in [0, 0.1) is 0 Å². The molecule has 0 spiro atoms. The maximum absolute atomic E-state index is 12.0. The summed E-state index contributed by atoms with van der Waals surface area (Å²) in [6.45, 7) is 3.35. The Morgan fingerprint density at radius 3 is 2.67 bits per heavy atom. The highest BCUT2D eigenvalue weighted by molar-refractivity contribution is 9.10. The van der Waals surface area contributed by atoms with Gasteiger partial charge in [0.25, 0.3) is 5.91 Å². The molecule has 1 aromatic carbocycles. The van der Waals surface area contributed by atoms with Gasteiger partial charge >= 0.3 is 0 Å². The zero-order valence-electron chi connectivity index (χ0n) is 11.8. The monoisotopic (exact) mass is 348 g/mol. The van der Waals surface area contributed by atoms with Crippen LogP contribution in [-0.2, 0) is 6.54 Å². The molecule has 2 N–H and O–H groups in total. The van der Waals surface area contributed by atoms with Gasteiger partial charge in [-0.3, -0.25) is 4.79 Å². The maximum Gasteiger partial charge on any atom is 0.272 e. The lowest BCUT2D eigenvalue weighted by atomic mass is 10.2. The van der Waals surface area contributed by atoms with Crippen molar-refractivity contribution in [1.82, 2.24) is 15.5 Å². The molecular weight excluding hydrogens is 332 g/mol.